The highest BCUT2D eigenvalue weighted by atomic mass is 35.5. The van der Waals surface area contributed by atoms with Gasteiger partial charge in [0.25, 0.3) is 0 Å². The Morgan fingerprint density at radius 3 is 2.62 bits per heavy atom. The monoisotopic (exact) mass is 437 g/mol. The van der Waals surface area contributed by atoms with Gasteiger partial charge in [-0.25, -0.2) is 8.42 Å². The number of halogens is 1. The Morgan fingerprint density at radius 1 is 1.17 bits per heavy atom. The Hall–Kier alpha value is -2.13. The predicted octanol–water partition coefficient (Wildman–Crippen LogP) is 3.03. The number of ether oxygens (including phenoxy) is 1. The molecule has 2 aromatic carbocycles. The normalized spacial score (nSPS) is 15.1. The van der Waals surface area contributed by atoms with E-state index in [2.05, 4.69) is 10.6 Å². The van der Waals surface area contributed by atoms with Crippen molar-refractivity contribution in [1.29, 1.82) is 0 Å². The molecular formula is C20H24ClN3O4S. The zero-order chi connectivity index (χ0) is 21.0. The van der Waals surface area contributed by atoms with Crippen LogP contribution in [0, 0.1) is 13.8 Å². The van der Waals surface area contributed by atoms with E-state index in [-0.39, 0.29) is 17.3 Å². The molecule has 1 amide bonds. The van der Waals surface area contributed by atoms with Crippen molar-refractivity contribution in [3.8, 4) is 0 Å². The third-order valence-electron chi connectivity index (χ3n) is 4.77. The van der Waals surface area contributed by atoms with Gasteiger partial charge in [-0.15, -0.1) is 0 Å². The highest BCUT2D eigenvalue weighted by Crippen LogP contribution is 2.25. The number of hydrogen-bond acceptors (Lipinski definition) is 5. The lowest BCUT2D eigenvalue weighted by Gasteiger charge is -2.26. The van der Waals surface area contributed by atoms with Crippen molar-refractivity contribution in [2.24, 2.45) is 0 Å². The molecule has 0 aromatic heterocycles. The van der Waals surface area contributed by atoms with Crippen molar-refractivity contribution in [1.82, 2.24) is 4.31 Å². The van der Waals surface area contributed by atoms with Crippen molar-refractivity contribution in [3.05, 3.63) is 52.5 Å². The predicted molar refractivity (Wildman–Crippen MR) is 114 cm³/mol. The summed E-state index contributed by atoms with van der Waals surface area (Å²) >= 11 is 6.09. The van der Waals surface area contributed by atoms with Crippen molar-refractivity contribution >= 4 is 38.9 Å². The Bertz CT molecular complexity index is 1000. The lowest BCUT2D eigenvalue weighted by molar-refractivity contribution is -0.114. The van der Waals surface area contributed by atoms with Crippen LogP contribution in [0.25, 0.3) is 0 Å². The zero-order valence-corrected chi connectivity index (χ0v) is 17.9. The van der Waals surface area contributed by atoms with Crippen molar-refractivity contribution in [2.45, 2.75) is 18.7 Å². The Balaban J connectivity index is 1.70. The molecule has 1 fully saturated rings. The van der Waals surface area contributed by atoms with Gasteiger partial charge in [0.05, 0.1) is 24.7 Å². The van der Waals surface area contributed by atoms with Crippen LogP contribution in [-0.4, -0.2) is 51.5 Å². The molecule has 1 aliphatic rings. The molecule has 3 rings (SSSR count). The molecule has 0 aliphatic carbocycles. The lowest BCUT2D eigenvalue weighted by atomic mass is 10.2. The van der Waals surface area contributed by atoms with Gasteiger partial charge in [0, 0.05) is 29.5 Å². The number of amides is 1. The smallest absolute Gasteiger partial charge is 0.243 e. The number of sulfonamides is 1. The first-order valence-corrected chi connectivity index (χ1v) is 11.1. The molecule has 1 heterocycles. The van der Waals surface area contributed by atoms with E-state index in [9.17, 15) is 13.2 Å². The first kappa shape index (κ1) is 21.6. The summed E-state index contributed by atoms with van der Waals surface area (Å²) in [5.41, 5.74) is 2.68. The topological polar surface area (TPSA) is 87.7 Å². The number of hydrogen-bond donors (Lipinski definition) is 2. The van der Waals surface area contributed by atoms with Crippen molar-refractivity contribution in [2.75, 3.05) is 43.5 Å². The molecule has 1 aliphatic heterocycles. The summed E-state index contributed by atoms with van der Waals surface area (Å²) in [5.74, 6) is -0.289. The summed E-state index contributed by atoms with van der Waals surface area (Å²) in [6, 6.07) is 10.3. The molecule has 2 aromatic rings. The summed E-state index contributed by atoms with van der Waals surface area (Å²) < 4.78 is 32.6. The minimum absolute atomic E-state index is 0.0284. The van der Waals surface area contributed by atoms with Crippen LogP contribution in [0.15, 0.2) is 41.3 Å². The van der Waals surface area contributed by atoms with Gasteiger partial charge in [0.2, 0.25) is 15.9 Å². The Labute approximate surface area is 176 Å². The van der Waals surface area contributed by atoms with Crippen LogP contribution in [0.5, 0.6) is 0 Å². The highest BCUT2D eigenvalue weighted by molar-refractivity contribution is 7.89. The molecule has 0 saturated carbocycles. The van der Waals surface area contributed by atoms with Crippen molar-refractivity contribution in [3.63, 3.8) is 0 Å². The van der Waals surface area contributed by atoms with Crippen LogP contribution in [0.3, 0.4) is 0 Å². The fourth-order valence-electron chi connectivity index (χ4n) is 3.06. The second-order valence-corrected chi connectivity index (χ2v) is 9.12. The minimum Gasteiger partial charge on any atom is -0.379 e. The second kappa shape index (κ2) is 9.13. The SMILES string of the molecule is Cc1ccc(NC(=O)CNc2cccc(Cl)c2C)cc1S(=O)(=O)N1CCOCC1. The maximum Gasteiger partial charge on any atom is 0.243 e. The second-order valence-electron chi connectivity index (χ2n) is 6.81. The number of nitrogens with one attached hydrogen (secondary N) is 2. The molecule has 0 bridgehead atoms. The third-order valence-corrected chi connectivity index (χ3v) is 7.22. The molecule has 29 heavy (non-hydrogen) atoms. The molecule has 7 nitrogen and oxygen atoms in total. The number of morpholine rings is 1. The third kappa shape index (κ3) is 5.08. The molecule has 0 unspecified atom stereocenters. The van der Waals surface area contributed by atoms with E-state index < -0.39 is 10.0 Å². The molecule has 0 radical (unpaired) electrons. The molecule has 9 heteroatoms. The van der Waals surface area contributed by atoms with Gasteiger partial charge in [-0.3, -0.25) is 4.79 Å². The van der Waals surface area contributed by atoms with Gasteiger partial charge in [-0.2, -0.15) is 4.31 Å². The van der Waals surface area contributed by atoms with Crippen LogP contribution in [-0.2, 0) is 19.6 Å². The van der Waals surface area contributed by atoms with Gasteiger partial charge < -0.3 is 15.4 Å². The number of benzene rings is 2. The molecule has 2 N–H and O–H groups in total. The van der Waals surface area contributed by atoms with E-state index in [1.165, 1.54) is 10.4 Å². The molecule has 0 atom stereocenters. The van der Waals surface area contributed by atoms with E-state index in [4.69, 9.17) is 16.3 Å². The molecule has 156 valence electrons. The van der Waals surface area contributed by atoms with E-state index in [0.717, 1.165) is 11.3 Å². The lowest BCUT2D eigenvalue weighted by Crippen LogP contribution is -2.40. The average Bonchev–Trinajstić information content (AvgIpc) is 2.71. The summed E-state index contributed by atoms with van der Waals surface area (Å²) in [4.78, 5) is 12.5. The number of nitrogens with zero attached hydrogens (tertiary/aromatic N) is 1. The average molecular weight is 438 g/mol. The van der Waals surface area contributed by atoms with Crippen molar-refractivity contribution < 1.29 is 17.9 Å². The largest absolute Gasteiger partial charge is 0.379 e. The van der Waals surface area contributed by atoms with Gasteiger partial charge in [0.15, 0.2) is 0 Å². The summed E-state index contributed by atoms with van der Waals surface area (Å²) in [6.07, 6.45) is 0. The zero-order valence-electron chi connectivity index (χ0n) is 16.4. The van der Waals surface area contributed by atoms with Gasteiger partial charge >= 0.3 is 0 Å². The first-order valence-electron chi connectivity index (χ1n) is 9.26. The van der Waals surface area contributed by atoms with E-state index >= 15 is 0 Å². The van der Waals surface area contributed by atoms with E-state index in [1.807, 2.05) is 13.0 Å². The fraction of sp³-hybridized carbons (Fsp3) is 0.350. The minimum atomic E-state index is -3.64. The number of carbonyl (C=O) groups excluding carboxylic acids is 1. The number of anilines is 2. The molecule has 0 spiro atoms. The van der Waals surface area contributed by atoms with Gasteiger partial charge in [-0.1, -0.05) is 23.7 Å². The van der Waals surface area contributed by atoms with Crippen LogP contribution in [0.1, 0.15) is 11.1 Å². The Morgan fingerprint density at radius 2 is 1.90 bits per heavy atom. The van der Waals surface area contributed by atoms with Crippen LogP contribution >= 0.6 is 11.6 Å². The number of rotatable bonds is 6. The fourth-order valence-corrected chi connectivity index (χ4v) is 4.89. The summed E-state index contributed by atoms with van der Waals surface area (Å²) in [5, 5.41) is 6.41. The number of aryl methyl sites for hydroxylation is 1. The maximum atomic E-state index is 13.0. The summed E-state index contributed by atoms with van der Waals surface area (Å²) in [6.45, 7) is 5.03. The van der Waals surface area contributed by atoms with Crippen LogP contribution in [0.2, 0.25) is 5.02 Å². The van der Waals surface area contributed by atoms with Gasteiger partial charge in [-0.05, 0) is 49.2 Å². The van der Waals surface area contributed by atoms with E-state index in [1.54, 1.807) is 31.2 Å². The van der Waals surface area contributed by atoms with Crippen LogP contribution < -0.4 is 10.6 Å². The van der Waals surface area contributed by atoms with E-state index in [0.29, 0.717) is 42.6 Å². The van der Waals surface area contributed by atoms with Gasteiger partial charge in [0.1, 0.15) is 0 Å². The first-order chi connectivity index (χ1) is 13.8. The highest BCUT2D eigenvalue weighted by Gasteiger charge is 2.28. The summed E-state index contributed by atoms with van der Waals surface area (Å²) in [7, 11) is -3.64. The number of carbonyl (C=O) groups is 1. The molecular weight excluding hydrogens is 414 g/mol. The molecule has 1 saturated heterocycles. The Kier molecular flexibility index (Phi) is 6.79. The standard InChI is InChI=1S/C20H24ClN3O4S/c1-14-6-7-16(12-19(14)29(26,27)24-8-10-28-11-9-24)23-20(25)13-22-18-5-3-4-17(21)15(18)2/h3-7,12,22H,8-11,13H2,1-2H3,(H,23,25). The van der Waals surface area contributed by atoms with Crippen LogP contribution in [0.4, 0.5) is 11.4 Å². The quantitative estimate of drug-likeness (QED) is 0.725. The maximum absolute atomic E-state index is 13.0.